The second kappa shape index (κ2) is 11.4. The van der Waals surface area contributed by atoms with E-state index in [1.54, 1.807) is 5.56 Å². The lowest BCUT2D eigenvalue weighted by molar-refractivity contribution is 0.445. The minimum absolute atomic E-state index is 0.581. The van der Waals surface area contributed by atoms with Crippen LogP contribution in [0.15, 0.2) is 120 Å². The molecule has 48 heavy (non-hydrogen) atoms. The van der Waals surface area contributed by atoms with Gasteiger partial charge in [-0.15, -0.1) is 0 Å². The molecule has 0 amide bonds. The Labute approximate surface area is 282 Å². The first-order valence-electron chi connectivity index (χ1n) is 18.3. The van der Waals surface area contributed by atoms with Gasteiger partial charge in [0.15, 0.2) is 0 Å². The molecule has 2 saturated carbocycles. The number of furan rings is 1. The van der Waals surface area contributed by atoms with Gasteiger partial charge in [-0.1, -0.05) is 111 Å². The molecular formula is C46H41NO. The molecule has 2 aliphatic carbocycles. The first-order valence-corrected chi connectivity index (χ1v) is 18.3. The Kier molecular flexibility index (Phi) is 6.71. The van der Waals surface area contributed by atoms with Crippen molar-refractivity contribution in [3.63, 3.8) is 0 Å². The van der Waals surface area contributed by atoms with Crippen LogP contribution in [0.1, 0.15) is 87.2 Å². The summed E-state index contributed by atoms with van der Waals surface area (Å²) in [6.07, 6.45) is 13.3. The van der Waals surface area contributed by atoms with Gasteiger partial charge in [-0.2, -0.15) is 0 Å². The van der Waals surface area contributed by atoms with Crippen molar-refractivity contribution in [3.8, 4) is 0 Å². The molecule has 236 valence electrons. The molecular weight excluding hydrogens is 583 g/mol. The fourth-order valence-electron chi connectivity index (χ4n) is 9.49. The lowest BCUT2D eigenvalue weighted by Gasteiger charge is -2.31. The van der Waals surface area contributed by atoms with Gasteiger partial charge in [-0.05, 0) is 118 Å². The molecule has 2 heteroatoms. The van der Waals surface area contributed by atoms with Crippen LogP contribution in [0.25, 0.3) is 54.3 Å². The van der Waals surface area contributed by atoms with Crippen molar-refractivity contribution in [1.82, 2.24) is 0 Å². The number of hydrogen-bond donors (Lipinski definition) is 0. The number of rotatable bonds is 5. The van der Waals surface area contributed by atoms with Gasteiger partial charge >= 0.3 is 0 Å². The van der Waals surface area contributed by atoms with Gasteiger partial charge in [-0.3, -0.25) is 0 Å². The first kappa shape index (κ1) is 28.2. The van der Waals surface area contributed by atoms with E-state index in [4.69, 9.17) is 4.42 Å². The summed E-state index contributed by atoms with van der Waals surface area (Å²) in [5.41, 5.74) is 8.58. The second-order valence-electron chi connectivity index (χ2n) is 14.5. The van der Waals surface area contributed by atoms with Crippen molar-refractivity contribution in [2.45, 2.75) is 76.0 Å². The third kappa shape index (κ3) is 4.45. The smallest absolute Gasteiger partial charge is 0.135 e. The van der Waals surface area contributed by atoms with Gasteiger partial charge in [0.05, 0.1) is 5.69 Å². The van der Waals surface area contributed by atoms with Crippen molar-refractivity contribution in [2.24, 2.45) is 0 Å². The molecule has 7 aromatic carbocycles. The molecule has 0 radical (unpaired) electrons. The van der Waals surface area contributed by atoms with E-state index in [9.17, 15) is 0 Å². The summed E-state index contributed by atoms with van der Waals surface area (Å²) >= 11 is 0. The molecule has 10 rings (SSSR count). The van der Waals surface area contributed by atoms with Crippen molar-refractivity contribution in [2.75, 3.05) is 4.90 Å². The monoisotopic (exact) mass is 623 g/mol. The SMILES string of the molecule is c1ccc(N(c2ccc3oc4ccccc4c3c2)c2cc(C3CCCCC3)c3ccc4ccc(C5CCCCC5)c5ccc2c3c45)cc1. The average molecular weight is 624 g/mol. The Morgan fingerprint density at radius 3 is 1.90 bits per heavy atom. The first-order chi connectivity index (χ1) is 23.8. The van der Waals surface area contributed by atoms with Crippen LogP contribution in [0, 0.1) is 0 Å². The molecule has 0 spiro atoms. The molecule has 2 aliphatic rings. The van der Waals surface area contributed by atoms with E-state index < -0.39 is 0 Å². The van der Waals surface area contributed by atoms with Gasteiger partial charge in [-0.25, -0.2) is 0 Å². The maximum Gasteiger partial charge on any atom is 0.135 e. The summed E-state index contributed by atoms with van der Waals surface area (Å²) in [5, 5.41) is 10.9. The molecule has 0 aliphatic heterocycles. The summed E-state index contributed by atoms with van der Waals surface area (Å²) in [6, 6.07) is 43.4. The lowest BCUT2D eigenvalue weighted by Crippen LogP contribution is -2.13. The second-order valence-corrected chi connectivity index (χ2v) is 14.5. The summed E-state index contributed by atoms with van der Waals surface area (Å²) in [4.78, 5) is 2.52. The van der Waals surface area contributed by atoms with E-state index in [0.29, 0.717) is 11.8 Å². The minimum atomic E-state index is 0.581. The van der Waals surface area contributed by atoms with Gasteiger partial charge in [0, 0.05) is 27.5 Å². The van der Waals surface area contributed by atoms with Crippen LogP contribution in [-0.4, -0.2) is 0 Å². The molecule has 2 fully saturated rings. The highest BCUT2D eigenvalue weighted by molar-refractivity contribution is 6.27. The highest BCUT2D eigenvalue weighted by Crippen LogP contribution is 2.50. The quantitative estimate of drug-likeness (QED) is 0.177. The van der Waals surface area contributed by atoms with Crippen LogP contribution in [0.3, 0.4) is 0 Å². The molecule has 0 atom stereocenters. The predicted molar refractivity (Wildman–Crippen MR) is 204 cm³/mol. The van der Waals surface area contributed by atoms with E-state index in [-0.39, 0.29) is 0 Å². The highest BCUT2D eigenvalue weighted by Gasteiger charge is 2.27. The van der Waals surface area contributed by atoms with Crippen molar-refractivity contribution >= 4 is 71.3 Å². The van der Waals surface area contributed by atoms with E-state index >= 15 is 0 Å². The van der Waals surface area contributed by atoms with Crippen LogP contribution in [0.2, 0.25) is 0 Å². The fraction of sp³-hybridized carbons (Fsp3) is 0.261. The molecule has 8 aromatic rings. The summed E-state index contributed by atoms with van der Waals surface area (Å²) in [7, 11) is 0. The van der Waals surface area contributed by atoms with Crippen molar-refractivity contribution < 1.29 is 4.42 Å². The van der Waals surface area contributed by atoms with Crippen LogP contribution >= 0.6 is 0 Å². The number of para-hydroxylation sites is 2. The maximum absolute atomic E-state index is 6.29. The molecule has 0 N–H and O–H groups in total. The van der Waals surface area contributed by atoms with E-state index in [2.05, 4.69) is 120 Å². The highest BCUT2D eigenvalue weighted by atomic mass is 16.3. The van der Waals surface area contributed by atoms with E-state index in [1.807, 2.05) is 0 Å². The van der Waals surface area contributed by atoms with Gasteiger partial charge < -0.3 is 9.32 Å². The third-order valence-corrected chi connectivity index (χ3v) is 11.8. The summed E-state index contributed by atoms with van der Waals surface area (Å²) < 4.78 is 6.29. The number of fused-ring (bicyclic) bond motifs is 3. The number of benzene rings is 7. The molecule has 0 saturated heterocycles. The minimum Gasteiger partial charge on any atom is -0.456 e. The maximum atomic E-state index is 6.29. The Hall–Kier alpha value is -4.82. The zero-order valence-corrected chi connectivity index (χ0v) is 27.6. The van der Waals surface area contributed by atoms with E-state index in [0.717, 1.165) is 27.6 Å². The van der Waals surface area contributed by atoms with Gasteiger partial charge in [0.25, 0.3) is 0 Å². The molecule has 1 heterocycles. The van der Waals surface area contributed by atoms with Gasteiger partial charge in [0.2, 0.25) is 0 Å². The van der Waals surface area contributed by atoms with Crippen LogP contribution in [0.5, 0.6) is 0 Å². The molecule has 0 bridgehead atoms. The molecule has 0 unspecified atom stereocenters. The number of nitrogens with zero attached hydrogens (tertiary/aromatic N) is 1. The Balaban J connectivity index is 1.28. The third-order valence-electron chi connectivity index (χ3n) is 11.8. The van der Waals surface area contributed by atoms with Crippen LogP contribution < -0.4 is 4.90 Å². The largest absolute Gasteiger partial charge is 0.456 e. The van der Waals surface area contributed by atoms with Crippen LogP contribution in [-0.2, 0) is 0 Å². The van der Waals surface area contributed by atoms with E-state index in [1.165, 1.54) is 113 Å². The lowest BCUT2D eigenvalue weighted by atomic mass is 9.78. The van der Waals surface area contributed by atoms with Gasteiger partial charge in [0.1, 0.15) is 11.2 Å². The Morgan fingerprint density at radius 1 is 0.438 bits per heavy atom. The summed E-state index contributed by atoms with van der Waals surface area (Å²) in [5.74, 6) is 1.25. The Morgan fingerprint density at radius 2 is 1.08 bits per heavy atom. The normalized spacial score (nSPS) is 16.6. The molecule has 1 aromatic heterocycles. The average Bonchev–Trinajstić information content (AvgIpc) is 3.53. The standard InChI is InChI=1S/C46H41NO/c1-4-12-30(13-5-1)35-23-20-32-21-24-38-40(31-14-6-2-7-15-31)29-42(39-26-25-37(35)45(32)46(38)39)47(33-16-8-3-9-17-33)34-22-27-44-41(28-34)36-18-10-11-19-43(36)48-44/h3,8-11,16-31H,1-2,4-7,12-15H2. The molecule has 2 nitrogen and oxygen atoms in total. The van der Waals surface area contributed by atoms with Crippen LogP contribution in [0.4, 0.5) is 17.1 Å². The Bertz CT molecular complexity index is 2420. The van der Waals surface area contributed by atoms with Crippen molar-refractivity contribution in [1.29, 1.82) is 0 Å². The fourth-order valence-corrected chi connectivity index (χ4v) is 9.49. The zero-order chi connectivity index (χ0) is 31.6. The zero-order valence-electron chi connectivity index (χ0n) is 27.6. The number of anilines is 3. The van der Waals surface area contributed by atoms with Crippen molar-refractivity contribution in [3.05, 3.63) is 126 Å². The topological polar surface area (TPSA) is 16.4 Å². The number of hydrogen-bond acceptors (Lipinski definition) is 2. The summed E-state index contributed by atoms with van der Waals surface area (Å²) in [6.45, 7) is 0. The predicted octanol–water partition coefficient (Wildman–Crippen LogP) is 14.0.